The van der Waals surface area contributed by atoms with Crippen LogP contribution in [0.5, 0.6) is 0 Å². The quantitative estimate of drug-likeness (QED) is 0.740. The van der Waals surface area contributed by atoms with Crippen molar-refractivity contribution in [2.45, 2.75) is 33.6 Å². The Morgan fingerprint density at radius 3 is 2.29 bits per heavy atom. The highest BCUT2D eigenvalue weighted by atomic mass is 32.2. The van der Waals surface area contributed by atoms with Gasteiger partial charge in [0.1, 0.15) is 0 Å². The van der Waals surface area contributed by atoms with E-state index in [2.05, 4.69) is 19.1 Å². The molecule has 17 heavy (non-hydrogen) atoms. The van der Waals surface area contributed by atoms with Crippen molar-refractivity contribution in [1.29, 1.82) is 0 Å². The van der Waals surface area contributed by atoms with Gasteiger partial charge in [0.15, 0.2) is 0 Å². The second kappa shape index (κ2) is 6.70. The van der Waals surface area contributed by atoms with Crippen molar-refractivity contribution >= 4 is 23.5 Å². The van der Waals surface area contributed by atoms with E-state index in [4.69, 9.17) is 0 Å². The number of hydrogen-bond acceptors (Lipinski definition) is 2. The summed E-state index contributed by atoms with van der Waals surface area (Å²) < 4.78 is 1.79. The number of nitrogens with zero attached hydrogens (tertiary/aromatic N) is 1. The molecule has 0 spiro atoms. The number of carbonyl (C=O) groups excluding carboxylic acids is 1. The van der Waals surface area contributed by atoms with Crippen molar-refractivity contribution in [3.8, 4) is 0 Å². The predicted molar refractivity (Wildman–Crippen MR) is 76.3 cm³/mol. The van der Waals surface area contributed by atoms with E-state index < -0.39 is 0 Å². The maximum Gasteiger partial charge on any atom is 0.239 e. The average Bonchev–Trinajstić information content (AvgIpc) is 2.39. The Hall–Kier alpha value is -0.960. The summed E-state index contributed by atoms with van der Waals surface area (Å²) in [6, 6.07) is 8.22. The van der Waals surface area contributed by atoms with Crippen LogP contribution in [-0.4, -0.2) is 12.2 Å². The zero-order valence-electron chi connectivity index (χ0n) is 11.1. The number of carbonyl (C=O) groups is 1. The molecular weight excluding hydrogens is 230 g/mol. The van der Waals surface area contributed by atoms with Gasteiger partial charge in [-0.3, -0.25) is 9.10 Å². The van der Waals surface area contributed by atoms with Gasteiger partial charge in [0.25, 0.3) is 0 Å². The van der Waals surface area contributed by atoms with Crippen LogP contribution in [0.2, 0.25) is 0 Å². The molecule has 0 saturated carbocycles. The van der Waals surface area contributed by atoms with Crippen LogP contribution in [0, 0.1) is 5.92 Å². The minimum atomic E-state index is 0.0771. The molecule has 1 atom stereocenters. The summed E-state index contributed by atoms with van der Waals surface area (Å²) in [6.45, 7) is 6.15. The molecule has 0 aliphatic rings. The van der Waals surface area contributed by atoms with E-state index in [-0.39, 0.29) is 11.8 Å². The van der Waals surface area contributed by atoms with Crippen LogP contribution in [0.4, 0.5) is 5.69 Å². The standard InChI is InChI=1S/C14H21NOS/c1-5-11(3)14(16)15(17-4)13-9-7-12(6-2)8-10-13/h7-11H,5-6H2,1-4H3. The Bertz CT molecular complexity index is 361. The third kappa shape index (κ3) is 3.50. The summed E-state index contributed by atoms with van der Waals surface area (Å²) in [5, 5.41) is 0. The number of benzene rings is 1. The van der Waals surface area contributed by atoms with Crippen LogP contribution in [-0.2, 0) is 11.2 Å². The summed E-state index contributed by atoms with van der Waals surface area (Å²) in [4.78, 5) is 12.2. The summed E-state index contributed by atoms with van der Waals surface area (Å²) in [7, 11) is 0. The first kappa shape index (κ1) is 14.1. The van der Waals surface area contributed by atoms with Gasteiger partial charge >= 0.3 is 0 Å². The fraction of sp³-hybridized carbons (Fsp3) is 0.500. The molecule has 1 aromatic carbocycles. The van der Waals surface area contributed by atoms with E-state index >= 15 is 0 Å². The molecule has 1 aromatic rings. The lowest BCUT2D eigenvalue weighted by molar-refractivity contribution is -0.120. The van der Waals surface area contributed by atoms with Crippen LogP contribution >= 0.6 is 11.9 Å². The molecule has 0 saturated heterocycles. The van der Waals surface area contributed by atoms with Crippen LogP contribution in [0.3, 0.4) is 0 Å². The monoisotopic (exact) mass is 251 g/mol. The maximum absolute atomic E-state index is 12.2. The van der Waals surface area contributed by atoms with Crippen LogP contribution in [0.25, 0.3) is 0 Å². The normalized spacial score (nSPS) is 12.2. The van der Waals surface area contributed by atoms with Gasteiger partial charge < -0.3 is 0 Å². The fourth-order valence-electron chi connectivity index (χ4n) is 1.56. The first-order valence-corrected chi connectivity index (χ1v) is 7.29. The SMILES string of the molecule is CCc1ccc(N(SC)C(=O)C(C)CC)cc1. The van der Waals surface area contributed by atoms with E-state index in [1.807, 2.05) is 32.2 Å². The van der Waals surface area contributed by atoms with Gasteiger partial charge in [-0.1, -0.05) is 32.9 Å². The summed E-state index contributed by atoms with van der Waals surface area (Å²) >= 11 is 1.47. The van der Waals surface area contributed by atoms with Crippen molar-refractivity contribution in [3.05, 3.63) is 29.8 Å². The van der Waals surface area contributed by atoms with Crippen LogP contribution in [0.1, 0.15) is 32.8 Å². The first-order chi connectivity index (χ1) is 8.13. The summed E-state index contributed by atoms with van der Waals surface area (Å²) in [5.74, 6) is 0.262. The molecule has 0 aliphatic heterocycles. The van der Waals surface area contributed by atoms with E-state index in [0.29, 0.717) is 0 Å². The van der Waals surface area contributed by atoms with Gasteiger partial charge in [-0.15, -0.1) is 0 Å². The molecule has 3 heteroatoms. The lowest BCUT2D eigenvalue weighted by Crippen LogP contribution is -2.28. The zero-order valence-corrected chi connectivity index (χ0v) is 11.9. The van der Waals surface area contributed by atoms with Gasteiger partial charge in [0.2, 0.25) is 5.91 Å². The molecule has 94 valence electrons. The molecule has 0 N–H and O–H groups in total. The Labute approximate surface area is 109 Å². The first-order valence-electron chi connectivity index (χ1n) is 6.11. The molecule has 0 radical (unpaired) electrons. The fourth-order valence-corrected chi connectivity index (χ4v) is 2.26. The van der Waals surface area contributed by atoms with Gasteiger partial charge in [-0.2, -0.15) is 0 Å². The Morgan fingerprint density at radius 1 is 1.29 bits per heavy atom. The van der Waals surface area contributed by atoms with E-state index in [1.165, 1.54) is 17.5 Å². The van der Waals surface area contributed by atoms with Crippen LogP contribution < -0.4 is 4.31 Å². The van der Waals surface area contributed by atoms with Crippen molar-refractivity contribution in [3.63, 3.8) is 0 Å². The third-order valence-corrected chi connectivity index (χ3v) is 3.75. The Kier molecular flexibility index (Phi) is 5.56. The average molecular weight is 251 g/mol. The second-order valence-electron chi connectivity index (χ2n) is 4.14. The summed E-state index contributed by atoms with van der Waals surface area (Å²) in [6.07, 6.45) is 3.84. The molecule has 0 aromatic heterocycles. The topological polar surface area (TPSA) is 20.3 Å². The highest BCUT2D eigenvalue weighted by molar-refractivity contribution is 8.00. The molecule has 1 unspecified atom stereocenters. The van der Waals surface area contributed by atoms with Gasteiger partial charge in [-0.05, 0) is 42.5 Å². The lowest BCUT2D eigenvalue weighted by atomic mass is 10.1. The molecule has 0 heterocycles. The third-order valence-electron chi connectivity index (χ3n) is 3.00. The van der Waals surface area contributed by atoms with E-state index in [0.717, 1.165) is 18.5 Å². The van der Waals surface area contributed by atoms with E-state index in [1.54, 1.807) is 4.31 Å². The molecule has 0 fully saturated rings. The maximum atomic E-state index is 12.2. The summed E-state index contributed by atoms with van der Waals surface area (Å²) in [5.41, 5.74) is 2.27. The molecule has 0 aliphatic carbocycles. The molecular formula is C14H21NOS. The smallest absolute Gasteiger partial charge is 0.239 e. The van der Waals surface area contributed by atoms with Gasteiger partial charge in [0, 0.05) is 12.2 Å². The Morgan fingerprint density at radius 2 is 1.88 bits per heavy atom. The largest absolute Gasteiger partial charge is 0.273 e. The molecule has 1 rings (SSSR count). The van der Waals surface area contributed by atoms with Gasteiger partial charge in [0.05, 0.1) is 5.69 Å². The number of rotatable bonds is 5. The van der Waals surface area contributed by atoms with Crippen molar-refractivity contribution in [2.75, 3.05) is 10.6 Å². The minimum Gasteiger partial charge on any atom is -0.273 e. The highest BCUT2D eigenvalue weighted by Gasteiger charge is 2.19. The molecule has 1 amide bonds. The molecule has 0 bridgehead atoms. The van der Waals surface area contributed by atoms with Gasteiger partial charge in [-0.25, -0.2) is 0 Å². The van der Waals surface area contributed by atoms with Crippen molar-refractivity contribution in [2.24, 2.45) is 5.92 Å². The van der Waals surface area contributed by atoms with Crippen molar-refractivity contribution < 1.29 is 4.79 Å². The number of anilines is 1. The zero-order chi connectivity index (χ0) is 12.8. The Balaban J connectivity index is 2.89. The van der Waals surface area contributed by atoms with Crippen LogP contribution in [0.15, 0.2) is 24.3 Å². The van der Waals surface area contributed by atoms with E-state index in [9.17, 15) is 4.79 Å². The predicted octanol–water partition coefficient (Wildman–Crippen LogP) is 3.91. The molecule has 2 nitrogen and oxygen atoms in total. The highest BCUT2D eigenvalue weighted by Crippen LogP contribution is 2.24. The lowest BCUT2D eigenvalue weighted by Gasteiger charge is -2.22. The number of aryl methyl sites for hydroxylation is 1. The van der Waals surface area contributed by atoms with Crippen molar-refractivity contribution in [1.82, 2.24) is 0 Å². The second-order valence-corrected chi connectivity index (χ2v) is 4.87. The number of hydrogen-bond donors (Lipinski definition) is 0. The minimum absolute atomic E-state index is 0.0771. The number of amides is 1.